The zero-order valence-corrected chi connectivity index (χ0v) is 17.2. The van der Waals surface area contributed by atoms with Crippen LogP contribution < -0.4 is 22.3 Å². The maximum absolute atomic E-state index is 12.9. The van der Waals surface area contributed by atoms with Crippen LogP contribution in [0, 0.1) is 0 Å². The van der Waals surface area contributed by atoms with Crippen molar-refractivity contribution in [2.75, 3.05) is 12.3 Å². The lowest BCUT2D eigenvalue weighted by Gasteiger charge is -2.18. The fourth-order valence-corrected chi connectivity index (χ4v) is 4.08. The summed E-state index contributed by atoms with van der Waals surface area (Å²) in [5.74, 6) is -0.510. The summed E-state index contributed by atoms with van der Waals surface area (Å²) < 4.78 is 2.22. The third-order valence-corrected chi connectivity index (χ3v) is 5.67. The number of benzene rings is 1. The first kappa shape index (κ1) is 20.8. The lowest BCUT2D eigenvalue weighted by molar-refractivity contribution is 0.0987. The number of ketones is 1. The van der Waals surface area contributed by atoms with E-state index in [1.165, 1.54) is 11.6 Å². The molecule has 0 amide bonds. The van der Waals surface area contributed by atoms with Gasteiger partial charge in [0, 0.05) is 18.5 Å². The molecule has 29 heavy (non-hydrogen) atoms. The van der Waals surface area contributed by atoms with Crippen LogP contribution in [0.15, 0.2) is 57.4 Å². The molecule has 152 valence electrons. The van der Waals surface area contributed by atoms with Crippen LogP contribution in [0.1, 0.15) is 40.2 Å². The van der Waals surface area contributed by atoms with Gasteiger partial charge in [-0.2, -0.15) is 0 Å². The lowest BCUT2D eigenvalue weighted by Crippen LogP contribution is -2.44. The number of nitrogens with zero attached hydrogens (tertiary/aromatic N) is 2. The van der Waals surface area contributed by atoms with Crippen molar-refractivity contribution in [3.05, 3.63) is 84.7 Å². The molecule has 2 aromatic heterocycles. The Morgan fingerprint density at radius 1 is 1.17 bits per heavy atom. The summed E-state index contributed by atoms with van der Waals surface area (Å²) in [5, 5.41) is 5.22. The average molecular weight is 413 g/mol. The molecule has 0 fully saturated rings. The molecule has 0 radical (unpaired) electrons. The van der Waals surface area contributed by atoms with Gasteiger partial charge in [-0.25, -0.2) is 4.79 Å². The summed E-state index contributed by atoms with van der Waals surface area (Å²) >= 11 is 1.58. The smallest absolute Gasteiger partial charge is 0.332 e. The van der Waals surface area contributed by atoms with Crippen LogP contribution in [0.3, 0.4) is 0 Å². The van der Waals surface area contributed by atoms with Crippen molar-refractivity contribution in [2.24, 2.45) is 7.05 Å². The second-order valence-electron chi connectivity index (χ2n) is 6.72. The highest BCUT2D eigenvalue weighted by Gasteiger charge is 2.23. The highest BCUT2D eigenvalue weighted by Crippen LogP contribution is 2.25. The highest BCUT2D eigenvalue weighted by atomic mass is 32.1. The number of carbonyl (C=O) groups excluding carboxylic acids is 1. The minimum atomic E-state index is -0.668. The maximum atomic E-state index is 12.9. The quantitative estimate of drug-likeness (QED) is 0.553. The zero-order valence-electron chi connectivity index (χ0n) is 16.4. The molecule has 1 atom stereocenters. The van der Waals surface area contributed by atoms with Crippen molar-refractivity contribution >= 4 is 22.9 Å². The summed E-state index contributed by atoms with van der Waals surface area (Å²) in [5.41, 5.74) is 5.74. The molecule has 0 bridgehead atoms. The molecule has 3 N–H and O–H groups in total. The van der Waals surface area contributed by atoms with Crippen LogP contribution in [-0.4, -0.2) is 21.5 Å². The topological polar surface area (TPSA) is 99.1 Å². The first-order valence-electron chi connectivity index (χ1n) is 9.40. The van der Waals surface area contributed by atoms with Crippen molar-refractivity contribution in [3.8, 4) is 0 Å². The first-order valence-corrected chi connectivity index (χ1v) is 10.3. The van der Waals surface area contributed by atoms with Crippen LogP contribution in [0.4, 0.5) is 5.82 Å². The fraction of sp³-hybridized carbons (Fsp3) is 0.286. The number of nitrogens with one attached hydrogen (secondary N) is 1. The Bertz CT molecular complexity index is 1100. The van der Waals surface area contributed by atoms with Crippen molar-refractivity contribution < 1.29 is 4.79 Å². The second-order valence-corrected chi connectivity index (χ2v) is 7.70. The van der Waals surface area contributed by atoms with Crippen molar-refractivity contribution in [1.82, 2.24) is 14.5 Å². The SMILES string of the molecule is CCCn1c(N)c(C(=O)CN[C@@H](c2ccccc2)c2cccs2)c(=O)n(C)c1=O. The van der Waals surface area contributed by atoms with Gasteiger partial charge in [-0.05, 0) is 23.4 Å². The number of hydrogen-bond donors (Lipinski definition) is 2. The van der Waals surface area contributed by atoms with E-state index in [-0.39, 0.29) is 24.0 Å². The maximum Gasteiger partial charge on any atom is 0.332 e. The first-order chi connectivity index (χ1) is 14.0. The Morgan fingerprint density at radius 2 is 1.90 bits per heavy atom. The summed E-state index contributed by atoms with van der Waals surface area (Å²) in [6.07, 6.45) is 0.655. The number of anilines is 1. The van der Waals surface area contributed by atoms with Gasteiger partial charge in [0.25, 0.3) is 5.56 Å². The van der Waals surface area contributed by atoms with Gasteiger partial charge in [-0.3, -0.25) is 24.0 Å². The fourth-order valence-electron chi connectivity index (χ4n) is 3.25. The predicted octanol–water partition coefficient (Wildman–Crippen LogP) is 2.16. The molecule has 0 aliphatic carbocycles. The third kappa shape index (κ3) is 4.23. The molecule has 2 heterocycles. The molecule has 3 rings (SSSR count). The van der Waals surface area contributed by atoms with Crippen molar-refractivity contribution in [3.63, 3.8) is 0 Å². The van der Waals surface area contributed by atoms with Gasteiger partial charge in [0.1, 0.15) is 11.4 Å². The van der Waals surface area contributed by atoms with E-state index < -0.39 is 17.0 Å². The van der Waals surface area contributed by atoms with E-state index in [0.717, 1.165) is 15.0 Å². The third-order valence-electron chi connectivity index (χ3n) is 4.74. The second kappa shape index (κ2) is 9.02. The summed E-state index contributed by atoms with van der Waals surface area (Å²) in [6, 6.07) is 13.5. The molecule has 3 aromatic rings. The van der Waals surface area contributed by atoms with E-state index >= 15 is 0 Å². The van der Waals surface area contributed by atoms with Gasteiger partial charge in [0.15, 0.2) is 5.78 Å². The monoisotopic (exact) mass is 412 g/mol. The largest absolute Gasteiger partial charge is 0.384 e. The van der Waals surface area contributed by atoms with E-state index in [1.807, 2.05) is 54.8 Å². The molecule has 8 heteroatoms. The van der Waals surface area contributed by atoms with Gasteiger partial charge in [0.05, 0.1) is 12.6 Å². The Labute approximate surface area is 172 Å². The van der Waals surface area contributed by atoms with E-state index in [9.17, 15) is 14.4 Å². The molecule has 0 aliphatic heterocycles. The Hall–Kier alpha value is -2.97. The summed E-state index contributed by atoms with van der Waals surface area (Å²) in [6.45, 7) is 2.15. The Balaban J connectivity index is 1.92. The normalized spacial score (nSPS) is 12.1. The Morgan fingerprint density at radius 3 is 2.52 bits per heavy atom. The number of aromatic nitrogens is 2. The average Bonchev–Trinajstić information content (AvgIpc) is 3.25. The molecule has 0 unspecified atom stereocenters. The lowest BCUT2D eigenvalue weighted by atomic mass is 10.0. The van der Waals surface area contributed by atoms with Gasteiger partial charge < -0.3 is 5.73 Å². The number of nitrogens with two attached hydrogens (primary N) is 1. The van der Waals surface area contributed by atoms with Crippen LogP contribution in [0.25, 0.3) is 0 Å². The summed E-state index contributed by atoms with van der Waals surface area (Å²) in [4.78, 5) is 38.9. The van der Waals surface area contributed by atoms with Gasteiger partial charge >= 0.3 is 5.69 Å². The molecule has 0 saturated carbocycles. The van der Waals surface area contributed by atoms with Crippen LogP contribution >= 0.6 is 11.3 Å². The minimum absolute atomic E-state index is 0.0702. The van der Waals surface area contributed by atoms with E-state index in [1.54, 1.807) is 11.3 Å². The molecular weight excluding hydrogens is 388 g/mol. The summed E-state index contributed by atoms with van der Waals surface area (Å²) in [7, 11) is 1.36. The van der Waals surface area contributed by atoms with E-state index in [4.69, 9.17) is 5.73 Å². The van der Waals surface area contributed by atoms with Crippen LogP contribution in [0.2, 0.25) is 0 Å². The zero-order chi connectivity index (χ0) is 21.0. The molecule has 1 aromatic carbocycles. The van der Waals surface area contributed by atoms with E-state index in [2.05, 4.69) is 5.32 Å². The molecule has 0 spiro atoms. The van der Waals surface area contributed by atoms with Gasteiger partial charge in [-0.15, -0.1) is 11.3 Å². The number of hydrogen-bond acceptors (Lipinski definition) is 6. The predicted molar refractivity (Wildman–Crippen MR) is 116 cm³/mol. The minimum Gasteiger partial charge on any atom is -0.384 e. The van der Waals surface area contributed by atoms with Crippen molar-refractivity contribution in [1.29, 1.82) is 0 Å². The Kier molecular flexibility index (Phi) is 6.46. The number of rotatable bonds is 8. The standard InChI is InChI=1S/C21H24N4O3S/c1-3-11-25-19(22)17(20(27)24(2)21(25)28)15(26)13-23-18(16-10-7-12-29-16)14-8-5-4-6-9-14/h4-10,12,18,23H,3,11,13,22H2,1-2H3/t18-/m0/s1. The van der Waals surface area contributed by atoms with Gasteiger partial charge in [-0.1, -0.05) is 43.3 Å². The molecule has 7 nitrogen and oxygen atoms in total. The van der Waals surface area contributed by atoms with Gasteiger partial charge in [0.2, 0.25) is 0 Å². The molecule has 0 aliphatic rings. The number of Topliss-reactive ketones (excluding diaryl/α,β-unsaturated/α-hetero) is 1. The van der Waals surface area contributed by atoms with Crippen molar-refractivity contribution in [2.45, 2.75) is 25.9 Å². The number of thiophene rings is 1. The van der Waals surface area contributed by atoms with Crippen LogP contribution in [-0.2, 0) is 13.6 Å². The molecule has 0 saturated heterocycles. The highest BCUT2D eigenvalue weighted by molar-refractivity contribution is 7.10. The molecular formula is C21H24N4O3S. The number of carbonyl (C=O) groups is 1. The van der Waals surface area contributed by atoms with Crippen LogP contribution in [0.5, 0.6) is 0 Å². The van der Waals surface area contributed by atoms with E-state index in [0.29, 0.717) is 13.0 Å². The number of nitrogen functional groups attached to an aromatic ring is 1.